The summed E-state index contributed by atoms with van der Waals surface area (Å²) in [5, 5.41) is 4.69. The standard InChI is InChI=1S/C33H34F4N4O2/c34-24-9-7-23(8-10-24)32(14-15-32)31(43)39-17-12-25(13-18-39)41-29(21-5-6-21)27(19-38-41)30(42)40-16-11-22(20-40)26-3-1-2-4-28(26)33(35,36)37/h1-4,7-10,19,21-22,25H,5-6,11-18,20H2/t22-/m1/s1. The predicted octanol–water partition coefficient (Wildman–Crippen LogP) is 6.44. The van der Waals surface area contributed by atoms with E-state index in [1.165, 1.54) is 24.3 Å². The maximum absolute atomic E-state index is 13.7. The Morgan fingerprint density at radius 2 is 1.51 bits per heavy atom. The number of piperidine rings is 1. The lowest BCUT2D eigenvalue weighted by atomic mass is 9.92. The van der Waals surface area contributed by atoms with Gasteiger partial charge in [0.05, 0.1) is 34.5 Å². The molecule has 4 aliphatic rings. The van der Waals surface area contributed by atoms with Crippen LogP contribution in [0, 0.1) is 5.82 Å². The zero-order chi connectivity index (χ0) is 29.9. The first-order chi connectivity index (χ1) is 20.7. The Balaban J connectivity index is 1.04. The minimum atomic E-state index is -4.44. The second-order valence-corrected chi connectivity index (χ2v) is 12.6. The normalized spacial score (nSPS) is 22.2. The quantitative estimate of drug-likeness (QED) is 0.309. The molecule has 2 amide bonds. The molecule has 0 spiro atoms. The van der Waals surface area contributed by atoms with E-state index in [4.69, 9.17) is 0 Å². The molecule has 10 heteroatoms. The average molecular weight is 595 g/mol. The van der Waals surface area contributed by atoms with E-state index < -0.39 is 17.2 Å². The lowest BCUT2D eigenvalue weighted by Gasteiger charge is -2.35. The molecule has 3 heterocycles. The Hall–Kier alpha value is -3.69. The van der Waals surface area contributed by atoms with Gasteiger partial charge in [-0.15, -0.1) is 0 Å². The van der Waals surface area contributed by atoms with Gasteiger partial charge in [-0.3, -0.25) is 14.3 Å². The fourth-order valence-corrected chi connectivity index (χ4v) is 7.21. The van der Waals surface area contributed by atoms with Gasteiger partial charge in [0.15, 0.2) is 0 Å². The molecule has 226 valence electrons. The van der Waals surface area contributed by atoms with Crippen LogP contribution in [-0.4, -0.2) is 57.6 Å². The van der Waals surface area contributed by atoms with Crippen molar-refractivity contribution < 1.29 is 27.2 Å². The first-order valence-corrected chi connectivity index (χ1v) is 15.2. The van der Waals surface area contributed by atoms with Gasteiger partial charge in [0.2, 0.25) is 5.91 Å². The van der Waals surface area contributed by atoms with Crippen LogP contribution < -0.4 is 0 Å². The van der Waals surface area contributed by atoms with Crippen LogP contribution in [0.1, 0.15) is 95.6 Å². The van der Waals surface area contributed by atoms with Crippen LogP contribution in [0.2, 0.25) is 0 Å². The summed E-state index contributed by atoms with van der Waals surface area (Å²) in [5.41, 5.74) is 1.43. The van der Waals surface area contributed by atoms with Gasteiger partial charge >= 0.3 is 6.18 Å². The number of alkyl halides is 3. The molecule has 43 heavy (non-hydrogen) atoms. The van der Waals surface area contributed by atoms with E-state index in [0.717, 1.165) is 55.8 Å². The minimum absolute atomic E-state index is 0.0622. The fraction of sp³-hybridized carbons (Fsp3) is 0.485. The Morgan fingerprint density at radius 1 is 0.837 bits per heavy atom. The molecule has 2 aromatic carbocycles. The molecule has 1 aromatic heterocycles. The lowest BCUT2D eigenvalue weighted by Crippen LogP contribution is -2.44. The van der Waals surface area contributed by atoms with Gasteiger partial charge in [-0.2, -0.15) is 18.3 Å². The molecule has 2 saturated heterocycles. The van der Waals surface area contributed by atoms with Gasteiger partial charge in [0.1, 0.15) is 5.82 Å². The largest absolute Gasteiger partial charge is 0.416 e. The number of rotatable bonds is 6. The number of amides is 2. The van der Waals surface area contributed by atoms with Crippen LogP contribution in [0.15, 0.2) is 54.7 Å². The molecule has 0 bridgehead atoms. The smallest absolute Gasteiger partial charge is 0.342 e. The monoisotopic (exact) mass is 594 g/mol. The maximum atomic E-state index is 13.7. The summed E-state index contributed by atoms with van der Waals surface area (Å²) in [6, 6.07) is 12.0. The van der Waals surface area contributed by atoms with Crippen molar-refractivity contribution in [2.24, 2.45) is 0 Å². The van der Waals surface area contributed by atoms with Gasteiger partial charge < -0.3 is 9.80 Å². The molecule has 4 fully saturated rings. The van der Waals surface area contributed by atoms with Crippen LogP contribution in [0.25, 0.3) is 0 Å². The molecule has 7 rings (SSSR count). The summed E-state index contributed by atoms with van der Waals surface area (Å²) in [5.74, 6) is -0.492. The highest BCUT2D eigenvalue weighted by atomic mass is 19.4. The van der Waals surface area contributed by atoms with E-state index >= 15 is 0 Å². The summed E-state index contributed by atoms with van der Waals surface area (Å²) >= 11 is 0. The molecular weight excluding hydrogens is 560 g/mol. The zero-order valence-corrected chi connectivity index (χ0v) is 23.8. The van der Waals surface area contributed by atoms with E-state index in [9.17, 15) is 27.2 Å². The molecule has 3 aromatic rings. The van der Waals surface area contributed by atoms with Crippen LogP contribution in [0.4, 0.5) is 17.6 Å². The molecule has 2 aliphatic heterocycles. The van der Waals surface area contributed by atoms with Crippen molar-refractivity contribution in [2.75, 3.05) is 26.2 Å². The minimum Gasteiger partial charge on any atom is -0.342 e. The summed E-state index contributed by atoms with van der Waals surface area (Å²) in [4.78, 5) is 30.9. The maximum Gasteiger partial charge on any atom is 0.416 e. The Bertz CT molecular complexity index is 1530. The predicted molar refractivity (Wildman–Crippen MR) is 151 cm³/mol. The van der Waals surface area contributed by atoms with Crippen molar-refractivity contribution in [2.45, 2.75) is 74.4 Å². The van der Waals surface area contributed by atoms with Crippen molar-refractivity contribution >= 4 is 11.8 Å². The van der Waals surface area contributed by atoms with Crippen LogP contribution in [0.5, 0.6) is 0 Å². The molecule has 0 unspecified atom stereocenters. The molecule has 2 aliphatic carbocycles. The summed E-state index contributed by atoms with van der Waals surface area (Å²) < 4.78 is 56.4. The number of likely N-dealkylation sites (tertiary alicyclic amines) is 2. The topological polar surface area (TPSA) is 58.4 Å². The van der Waals surface area contributed by atoms with E-state index in [1.54, 1.807) is 29.3 Å². The molecule has 0 N–H and O–H groups in total. The fourth-order valence-electron chi connectivity index (χ4n) is 7.21. The Labute approximate surface area is 247 Å². The van der Waals surface area contributed by atoms with E-state index in [-0.39, 0.29) is 47.6 Å². The van der Waals surface area contributed by atoms with Gasteiger partial charge in [0, 0.05) is 38.0 Å². The second-order valence-electron chi connectivity index (χ2n) is 12.6. The summed E-state index contributed by atoms with van der Waals surface area (Å²) in [7, 11) is 0. The van der Waals surface area contributed by atoms with Crippen LogP contribution >= 0.6 is 0 Å². The third-order valence-corrected chi connectivity index (χ3v) is 9.86. The van der Waals surface area contributed by atoms with Gasteiger partial charge in [-0.05, 0) is 74.3 Å². The number of hydrogen-bond donors (Lipinski definition) is 0. The SMILES string of the molecule is O=C(c1cnn(C2CCN(C(=O)C3(c4ccc(F)cc4)CC3)CC2)c1C1CC1)N1CC[C@@H](c2ccccc2C(F)(F)F)C1. The van der Waals surface area contributed by atoms with E-state index in [1.807, 2.05) is 9.58 Å². The van der Waals surface area contributed by atoms with Gasteiger partial charge in [-0.1, -0.05) is 30.3 Å². The molecular formula is C33H34F4N4O2. The average Bonchev–Trinajstić information content (AvgIpc) is 3.92. The summed E-state index contributed by atoms with van der Waals surface area (Å²) in [6.07, 6.45) is 2.63. The highest BCUT2D eigenvalue weighted by Crippen LogP contribution is 2.50. The third-order valence-electron chi connectivity index (χ3n) is 9.86. The number of aromatic nitrogens is 2. The molecule has 2 saturated carbocycles. The van der Waals surface area contributed by atoms with E-state index in [2.05, 4.69) is 5.10 Å². The van der Waals surface area contributed by atoms with Crippen molar-refractivity contribution in [1.82, 2.24) is 19.6 Å². The highest BCUT2D eigenvalue weighted by Gasteiger charge is 2.53. The number of halogens is 4. The zero-order valence-electron chi connectivity index (χ0n) is 23.8. The van der Waals surface area contributed by atoms with Crippen molar-refractivity contribution in [3.8, 4) is 0 Å². The van der Waals surface area contributed by atoms with Crippen molar-refractivity contribution in [3.05, 3.63) is 88.5 Å². The number of carbonyl (C=O) groups excluding carboxylic acids is 2. The lowest BCUT2D eigenvalue weighted by molar-refractivity contribution is -0.138. The number of carbonyl (C=O) groups is 2. The highest BCUT2D eigenvalue weighted by molar-refractivity contribution is 5.96. The summed E-state index contributed by atoms with van der Waals surface area (Å²) in [6.45, 7) is 1.83. The van der Waals surface area contributed by atoms with Gasteiger partial charge in [0.25, 0.3) is 5.91 Å². The first-order valence-electron chi connectivity index (χ1n) is 15.2. The molecule has 6 nitrogen and oxygen atoms in total. The second kappa shape index (κ2) is 10.5. The van der Waals surface area contributed by atoms with Crippen LogP contribution in [0.3, 0.4) is 0 Å². The Kier molecular flexibility index (Phi) is 6.85. The Morgan fingerprint density at radius 3 is 2.16 bits per heavy atom. The van der Waals surface area contributed by atoms with E-state index in [0.29, 0.717) is 31.6 Å². The van der Waals surface area contributed by atoms with Crippen molar-refractivity contribution in [1.29, 1.82) is 0 Å². The number of hydrogen-bond acceptors (Lipinski definition) is 3. The third kappa shape index (κ3) is 5.12. The molecule has 0 radical (unpaired) electrons. The molecule has 1 atom stereocenters. The van der Waals surface area contributed by atoms with Gasteiger partial charge in [-0.25, -0.2) is 4.39 Å². The number of nitrogens with zero attached hydrogens (tertiary/aromatic N) is 4. The van der Waals surface area contributed by atoms with Crippen LogP contribution in [-0.2, 0) is 16.4 Å². The first kappa shape index (κ1) is 28.1. The number of benzene rings is 2. The van der Waals surface area contributed by atoms with Crippen molar-refractivity contribution in [3.63, 3.8) is 0 Å².